The van der Waals surface area contributed by atoms with E-state index in [4.69, 9.17) is 11.5 Å². The molecule has 0 aliphatic carbocycles. The number of nitrogens with zero attached hydrogens (tertiary/aromatic N) is 1. The van der Waals surface area contributed by atoms with Gasteiger partial charge in [-0.2, -0.15) is 0 Å². The third-order valence-corrected chi connectivity index (χ3v) is 3.41. The van der Waals surface area contributed by atoms with Crippen molar-refractivity contribution in [2.24, 2.45) is 0 Å². The minimum atomic E-state index is 0.102. The van der Waals surface area contributed by atoms with Gasteiger partial charge in [0.25, 0.3) is 0 Å². The quantitative estimate of drug-likeness (QED) is 0.791. The molecule has 1 aliphatic heterocycles. The second kappa shape index (κ2) is 6.44. The van der Waals surface area contributed by atoms with Crippen LogP contribution in [0.25, 0.3) is 0 Å². The predicted octanol–water partition coefficient (Wildman–Crippen LogP) is 1.69. The largest absolute Gasteiger partial charge is 0.392 e. The Hall–Kier alpha value is -1.50. The van der Waals surface area contributed by atoms with E-state index in [-0.39, 0.29) is 6.61 Å². The Bertz CT molecular complexity index is 399. The van der Waals surface area contributed by atoms with E-state index < -0.39 is 0 Å². The van der Waals surface area contributed by atoms with Crippen molar-refractivity contribution >= 4 is 5.69 Å². The molecule has 1 heterocycles. The second-order valence-electron chi connectivity index (χ2n) is 4.75. The molecular weight excluding hydrogens is 224 g/mol. The molecule has 2 N–H and O–H groups in total. The molecule has 3 nitrogen and oxygen atoms in total. The van der Waals surface area contributed by atoms with Crippen molar-refractivity contribution in [2.45, 2.75) is 25.5 Å². The molecule has 0 atom stereocenters. The standard InChI is InChI=1S/C15H20N2O/c1-2-9-17-10-7-15(8-11-17)16-14-5-3-13(12-18)4-6-14/h1,3-6,15-16,18H,7-12H2. The van der Waals surface area contributed by atoms with Crippen LogP contribution in [0.1, 0.15) is 18.4 Å². The van der Waals surface area contributed by atoms with Gasteiger partial charge in [0.05, 0.1) is 13.2 Å². The number of nitrogens with one attached hydrogen (secondary N) is 1. The molecule has 0 saturated carbocycles. The fourth-order valence-electron chi connectivity index (χ4n) is 2.31. The first-order valence-corrected chi connectivity index (χ1v) is 6.44. The van der Waals surface area contributed by atoms with Crippen LogP contribution in [0.15, 0.2) is 24.3 Å². The maximum Gasteiger partial charge on any atom is 0.0681 e. The summed E-state index contributed by atoms with van der Waals surface area (Å²) in [5.41, 5.74) is 2.08. The van der Waals surface area contributed by atoms with Crippen molar-refractivity contribution < 1.29 is 5.11 Å². The van der Waals surface area contributed by atoms with Crippen LogP contribution in [0.3, 0.4) is 0 Å². The summed E-state index contributed by atoms with van der Waals surface area (Å²) < 4.78 is 0. The van der Waals surface area contributed by atoms with Crippen LogP contribution >= 0.6 is 0 Å². The zero-order chi connectivity index (χ0) is 12.8. The SMILES string of the molecule is C#CCN1CCC(Nc2ccc(CO)cc2)CC1. The van der Waals surface area contributed by atoms with Crippen molar-refractivity contribution in [3.05, 3.63) is 29.8 Å². The smallest absolute Gasteiger partial charge is 0.0681 e. The van der Waals surface area contributed by atoms with Gasteiger partial charge in [-0.1, -0.05) is 18.1 Å². The van der Waals surface area contributed by atoms with Crippen LogP contribution < -0.4 is 5.32 Å². The van der Waals surface area contributed by atoms with Gasteiger partial charge in [-0.15, -0.1) is 6.42 Å². The molecule has 3 heteroatoms. The number of aliphatic hydroxyl groups excluding tert-OH is 1. The number of benzene rings is 1. The summed E-state index contributed by atoms with van der Waals surface area (Å²) in [7, 11) is 0. The minimum absolute atomic E-state index is 0.102. The van der Waals surface area contributed by atoms with Crippen molar-refractivity contribution in [2.75, 3.05) is 25.0 Å². The molecule has 0 unspecified atom stereocenters. The van der Waals surface area contributed by atoms with Gasteiger partial charge in [-0.25, -0.2) is 0 Å². The highest BCUT2D eigenvalue weighted by Crippen LogP contribution is 2.17. The maximum absolute atomic E-state index is 8.99. The Balaban J connectivity index is 1.82. The predicted molar refractivity (Wildman–Crippen MR) is 74.3 cm³/mol. The highest BCUT2D eigenvalue weighted by atomic mass is 16.3. The summed E-state index contributed by atoms with van der Waals surface area (Å²) in [5.74, 6) is 2.70. The Morgan fingerprint density at radius 3 is 2.50 bits per heavy atom. The van der Waals surface area contributed by atoms with E-state index in [0.717, 1.165) is 43.7 Å². The average molecular weight is 244 g/mol. The zero-order valence-corrected chi connectivity index (χ0v) is 10.6. The van der Waals surface area contributed by atoms with Gasteiger partial charge in [-0.05, 0) is 30.5 Å². The number of terminal acetylenes is 1. The third-order valence-electron chi connectivity index (χ3n) is 3.41. The lowest BCUT2D eigenvalue weighted by molar-refractivity contribution is 0.243. The average Bonchev–Trinajstić information content (AvgIpc) is 2.42. The maximum atomic E-state index is 8.99. The van der Waals surface area contributed by atoms with Gasteiger partial charge in [0.15, 0.2) is 0 Å². The van der Waals surface area contributed by atoms with Gasteiger partial charge in [-0.3, -0.25) is 4.90 Å². The van der Waals surface area contributed by atoms with E-state index in [2.05, 4.69) is 16.1 Å². The highest BCUT2D eigenvalue weighted by Gasteiger charge is 2.17. The molecule has 0 aromatic heterocycles. The molecule has 1 aromatic rings. The topological polar surface area (TPSA) is 35.5 Å². The number of hydrogen-bond donors (Lipinski definition) is 2. The number of likely N-dealkylation sites (tertiary alicyclic amines) is 1. The zero-order valence-electron chi connectivity index (χ0n) is 10.6. The minimum Gasteiger partial charge on any atom is -0.392 e. The van der Waals surface area contributed by atoms with E-state index in [0.29, 0.717) is 6.04 Å². The van der Waals surface area contributed by atoms with E-state index in [9.17, 15) is 0 Å². The fraction of sp³-hybridized carbons (Fsp3) is 0.467. The lowest BCUT2D eigenvalue weighted by Gasteiger charge is -2.31. The highest BCUT2D eigenvalue weighted by molar-refractivity contribution is 5.45. The molecule has 2 rings (SSSR count). The first-order valence-electron chi connectivity index (χ1n) is 6.44. The summed E-state index contributed by atoms with van der Waals surface area (Å²) in [6.45, 7) is 3.00. The Morgan fingerprint density at radius 2 is 1.94 bits per heavy atom. The van der Waals surface area contributed by atoms with E-state index >= 15 is 0 Å². The number of rotatable bonds is 4. The molecule has 0 amide bonds. The van der Waals surface area contributed by atoms with Crippen LogP contribution in [0.4, 0.5) is 5.69 Å². The molecule has 1 aromatic carbocycles. The monoisotopic (exact) mass is 244 g/mol. The van der Waals surface area contributed by atoms with Crippen molar-refractivity contribution in [1.82, 2.24) is 4.90 Å². The van der Waals surface area contributed by atoms with Gasteiger partial charge >= 0.3 is 0 Å². The Labute approximate surface area is 109 Å². The second-order valence-corrected chi connectivity index (χ2v) is 4.75. The van der Waals surface area contributed by atoms with Crippen LogP contribution in [0.5, 0.6) is 0 Å². The lowest BCUT2D eigenvalue weighted by Crippen LogP contribution is -2.39. The summed E-state index contributed by atoms with van der Waals surface area (Å²) in [6.07, 6.45) is 7.57. The van der Waals surface area contributed by atoms with Gasteiger partial charge in [0.1, 0.15) is 0 Å². The van der Waals surface area contributed by atoms with Crippen molar-refractivity contribution in [1.29, 1.82) is 0 Å². The summed E-state index contributed by atoms with van der Waals surface area (Å²) in [5, 5.41) is 12.5. The van der Waals surface area contributed by atoms with Crippen LogP contribution in [-0.4, -0.2) is 35.7 Å². The van der Waals surface area contributed by atoms with E-state index in [1.807, 2.05) is 24.3 Å². The Morgan fingerprint density at radius 1 is 1.28 bits per heavy atom. The molecule has 1 fully saturated rings. The summed E-state index contributed by atoms with van der Waals surface area (Å²) in [6, 6.07) is 8.49. The van der Waals surface area contributed by atoms with Gasteiger partial charge in [0, 0.05) is 24.8 Å². The number of hydrogen-bond acceptors (Lipinski definition) is 3. The molecule has 0 radical (unpaired) electrons. The molecule has 18 heavy (non-hydrogen) atoms. The van der Waals surface area contributed by atoms with Crippen LogP contribution in [0, 0.1) is 12.3 Å². The van der Waals surface area contributed by atoms with Crippen molar-refractivity contribution in [3.8, 4) is 12.3 Å². The van der Waals surface area contributed by atoms with E-state index in [1.165, 1.54) is 0 Å². The number of aliphatic hydroxyl groups is 1. The molecule has 0 spiro atoms. The third kappa shape index (κ3) is 3.49. The lowest BCUT2D eigenvalue weighted by atomic mass is 10.0. The number of piperidine rings is 1. The first-order chi connectivity index (χ1) is 8.81. The molecule has 96 valence electrons. The molecule has 1 aliphatic rings. The first kappa shape index (κ1) is 12.9. The van der Waals surface area contributed by atoms with Gasteiger partial charge in [0.2, 0.25) is 0 Å². The molecule has 0 bridgehead atoms. The number of anilines is 1. The molecule has 1 saturated heterocycles. The van der Waals surface area contributed by atoms with Gasteiger partial charge < -0.3 is 10.4 Å². The normalized spacial score (nSPS) is 17.3. The van der Waals surface area contributed by atoms with Crippen LogP contribution in [-0.2, 0) is 6.61 Å². The Kier molecular flexibility index (Phi) is 4.63. The fourth-order valence-corrected chi connectivity index (χ4v) is 2.31. The summed E-state index contributed by atoms with van der Waals surface area (Å²) in [4.78, 5) is 2.31. The van der Waals surface area contributed by atoms with Crippen molar-refractivity contribution in [3.63, 3.8) is 0 Å². The van der Waals surface area contributed by atoms with Crippen LogP contribution in [0.2, 0.25) is 0 Å². The molecular formula is C15H20N2O. The summed E-state index contributed by atoms with van der Waals surface area (Å²) >= 11 is 0. The van der Waals surface area contributed by atoms with E-state index in [1.54, 1.807) is 0 Å².